The summed E-state index contributed by atoms with van der Waals surface area (Å²) in [5, 5.41) is 27.4. The highest BCUT2D eigenvalue weighted by atomic mass is 32.1. The molecule has 2 unspecified atom stereocenters. The number of aliphatic hydroxyl groups is 1. The van der Waals surface area contributed by atoms with Crippen LogP contribution in [-0.4, -0.2) is 49.6 Å². The van der Waals surface area contributed by atoms with E-state index in [2.05, 4.69) is 31.6 Å². The number of pyridine rings is 2. The highest BCUT2D eigenvalue weighted by molar-refractivity contribution is 7.15. The van der Waals surface area contributed by atoms with Gasteiger partial charge in [0.05, 0.1) is 22.6 Å². The van der Waals surface area contributed by atoms with E-state index >= 15 is 0 Å². The van der Waals surface area contributed by atoms with Gasteiger partial charge in [0.15, 0.2) is 5.13 Å². The normalized spacial score (nSPS) is 23.7. The molecule has 8 nitrogen and oxygen atoms in total. The average molecular weight is 450 g/mol. The van der Waals surface area contributed by atoms with Crippen LogP contribution >= 0.6 is 11.3 Å². The molecular formula is C23H27N7OS. The Hall–Kier alpha value is -2.80. The number of piperidine rings is 1. The van der Waals surface area contributed by atoms with Crippen LogP contribution in [0.3, 0.4) is 0 Å². The van der Waals surface area contributed by atoms with E-state index in [1.54, 1.807) is 19.3 Å². The molecule has 3 N–H and O–H groups in total. The number of fused-ring (bicyclic) bond motifs is 3. The zero-order valence-electron chi connectivity index (χ0n) is 18.0. The molecule has 0 amide bonds. The van der Waals surface area contributed by atoms with Gasteiger partial charge >= 0.3 is 0 Å². The van der Waals surface area contributed by atoms with Crippen LogP contribution in [0.25, 0.3) is 10.9 Å². The molecule has 2 aliphatic heterocycles. The van der Waals surface area contributed by atoms with Crippen molar-refractivity contribution in [2.24, 2.45) is 0 Å². The third-order valence-electron chi connectivity index (χ3n) is 6.48. The SMILES string of the molecule is CC(O)c1cnc(Nc2cc3ncccc3c(NC3C[C@H]4CC[C@@H](C3)N4CCC#N)n2)s1. The van der Waals surface area contributed by atoms with Gasteiger partial charge in [-0.15, -0.1) is 0 Å². The van der Waals surface area contributed by atoms with Gasteiger partial charge in [0, 0.05) is 54.9 Å². The smallest absolute Gasteiger partial charge is 0.188 e. The van der Waals surface area contributed by atoms with Crippen molar-refractivity contribution in [3.05, 3.63) is 35.5 Å². The van der Waals surface area contributed by atoms with Crippen LogP contribution in [0.5, 0.6) is 0 Å². The number of hydrogen-bond acceptors (Lipinski definition) is 9. The van der Waals surface area contributed by atoms with E-state index in [0.29, 0.717) is 35.5 Å². The number of anilines is 3. The Balaban J connectivity index is 1.37. The van der Waals surface area contributed by atoms with Crippen LogP contribution in [0.15, 0.2) is 30.6 Å². The molecule has 2 saturated heterocycles. The molecule has 32 heavy (non-hydrogen) atoms. The van der Waals surface area contributed by atoms with Gasteiger partial charge in [-0.05, 0) is 44.7 Å². The van der Waals surface area contributed by atoms with Crippen molar-refractivity contribution in [3.63, 3.8) is 0 Å². The van der Waals surface area contributed by atoms with Crippen LogP contribution in [0, 0.1) is 11.3 Å². The molecule has 0 radical (unpaired) electrons. The molecule has 2 bridgehead atoms. The predicted octanol–water partition coefficient (Wildman–Crippen LogP) is 4.20. The van der Waals surface area contributed by atoms with Crippen LogP contribution < -0.4 is 10.6 Å². The van der Waals surface area contributed by atoms with Crippen molar-refractivity contribution >= 4 is 39.0 Å². The van der Waals surface area contributed by atoms with Crippen LogP contribution in [-0.2, 0) is 0 Å². The molecule has 0 spiro atoms. The van der Waals surface area contributed by atoms with Gasteiger partial charge in [-0.2, -0.15) is 5.26 Å². The summed E-state index contributed by atoms with van der Waals surface area (Å²) in [4.78, 5) is 17.1. The minimum atomic E-state index is -0.541. The number of aliphatic hydroxyl groups excluding tert-OH is 1. The minimum Gasteiger partial charge on any atom is -0.388 e. The summed E-state index contributed by atoms with van der Waals surface area (Å²) in [6, 6.07) is 9.63. The molecule has 5 rings (SSSR count). The first-order valence-electron chi connectivity index (χ1n) is 11.2. The van der Waals surface area contributed by atoms with Gasteiger partial charge in [0.25, 0.3) is 0 Å². The molecule has 2 aliphatic rings. The van der Waals surface area contributed by atoms with Crippen LogP contribution in [0.1, 0.15) is 50.0 Å². The third-order valence-corrected chi connectivity index (χ3v) is 7.56. The Labute approximate surface area is 191 Å². The lowest BCUT2D eigenvalue weighted by Gasteiger charge is -2.39. The molecule has 2 fully saturated rings. The third kappa shape index (κ3) is 4.26. The summed E-state index contributed by atoms with van der Waals surface area (Å²) in [7, 11) is 0. The first-order chi connectivity index (χ1) is 15.6. The first-order valence-corrected chi connectivity index (χ1v) is 12.0. The van der Waals surface area contributed by atoms with E-state index in [0.717, 1.165) is 41.0 Å². The Bertz CT molecular complexity index is 1130. The Kier molecular flexibility index (Phi) is 5.91. The summed E-state index contributed by atoms with van der Waals surface area (Å²) >= 11 is 1.42. The molecule has 4 atom stereocenters. The summed E-state index contributed by atoms with van der Waals surface area (Å²) < 4.78 is 0. The van der Waals surface area contributed by atoms with Crippen molar-refractivity contribution in [1.82, 2.24) is 19.9 Å². The van der Waals surface area contributed by atoms with Crippen molar-refractivity contribution < 1.29 is 5.11 Å². The fourth-order valence-electron chi connectivity index (χ4n) is 5.03. The molecular weight excluding hydrogens is 422 g/mol. The molecule has 9 heteroatoms. The summed E-state index contributed by atoms with van der Waals surface area (Å²) in [5.41, 5.74) is 0.870. The second-order valence-corrected chi connectivity index (χ2v) is 9.70. The second-order valence-electron chi connectivity index (χ2n) is 8.64. The maximum atomic E-state index is 9.77. The number of aromatic nitrogens is 3. The highest BCUT2D eigenvalue weighted by Gasteiger charge is 2.40. The summed E-state index contributed by atoms with van der Waals surface area (Å²) in [6.07, 6.45) is 8.08. The van der Waals surface area contributed by atoms with Crippen molar-refractivity contribution in [2.45, 2.75) is 63.3 Å². The van der Waals surface area contributed by atoms with E-state index in [4.69, 9.17) is 10.2 Å². The second kappa shape index (κ2) is 8.98. The maximum Gasteiger partial charge on any atom is 0.188 e. The number of nitriles is 1. The van der Waals surface area contributed by atoms with E-state index in [1.165, 1.54) is 24.2 Å². The lowest BCUT2D eigenvalue weighted by Crippen LogP contribution is -2.47. The van der Waals surface area contributed by atoms with E-state index < -0.39 is 6.10 Å². The monoisotopic (exact) mass is 449 g/mol. The van der Waals surface area contributed by atoms with Crippen molar-refractivity contribution in [3.8, 4) is 6.07 Å². The first kappa shape index (κ1) is 21.1. The number of nitrogens with zero attached hydrogens (tertiary/aromatic N) is 5. The average Bonchev–Trinajstić information content (AvgIpc) is 3.34. The van der Waals surface area contributed by atoms with E-state index in [9.17, 15) is 5.11 Å². The molecule has 166 valence electrons. The number of nitrogens with one attached hydrogen (secondary N) is 2. The quantitative estimate of drug-likeness (QED) is 0.492. The Morgan fingerprint density at radius 2 is 2.12 bits per heavy atom. The van der Waals surface area contributed by atoms with Gasteiger partial charge < -0.3 is 15.7 Å². The van der Waals surface area contributed by atoms with E-state index in [-0.39, 0.29) is 0 Å². The highest BCUT2D eigenvalue weighted by Crippen LogP contribution is 2.37. The topological polar surface area (TPSA) is 110 Å². The van der Waals surface area contributed by atoms with Gasteiger partial charge in [0.2, 0.25) is 0 Å². The zero-order valence-corrected chi connectivity index (χ0v) is 18.8. The van der Waals surface area contributed by atoms with Crippen molar-refractivity contribution in [2.75, 3.05) is 17.2 Å². The lowest BCUT2D eigenvalue weighted by molar-refractivity contribution is 0.136. The summed E-state index contributed by atoms with van der Waals surface area (Å²) in [5.74, 6) is 1.51. The zero-order chi connectivity index (χ0) is 22.1. The fraction of sp³-hybridized carbons (Fsp3) is 0.478. The Morgan fingerprint density at radius 3 is 2.84 bits per heavy atom. The Morgan fingerprint density at radius 1 is 1.31 bits per heavy atom. The van der Waals surface area contributed by atoms with Crippen LogP contribution in [0.4, 0.5) is 16.8 Å². The van der Waals surface area contributed by atoms with Gasteiger partial charge in [-0.1, -0.05) is 11.3 Å². The minimum absolute atomic E-state index is 0.346. The number of hydrogen-bond donors (Lipinski definition) is 3. The van der Waals surface area contributed by atoms with Gasteiger partial charge in [0.1, 0.15) is 11.6 Å². The van der Waals surface area contributed by atoms with Gasteiger partial charge in [-0.25, -0.2) is 9.97 Å². The summed E-state index contributed by atoms with van der Waals surface area (Å²) in [6.45, 7) is 2.61. The van der Waals surface area contributed by atoms with Crippen molar-refractivity contribution in [1.29, 1.82) is 5.26 Å². The number of thiazole rings is 1. The van der Waals surface area contributed by atoms with Gasteiger partial charge in [-0.3, -0.25) is 9.88 Å². The maximum absolute atomic E-state index is 9.77. The molecule has 0 aliphatic carbocycles. The predicted molar refractivity (Wildman–Crippen MR) is 126 cm³/mol. The lowest BCUT2D eigenvalue weighted by atomic mass is 9.97. The molecule has 3 aromatic rings. The molecule has 3 aromatic heterocycles. The number of rotatable bonds is 7. The van der Waals surface area contributed by atoms with Crippen LogP contribution in [0.2, 0.25) is 0 Å². The largest absolute Gasteiger partial charge is 0.388 e. The fourth-order valence-corrected chi connectivity index (χ4v) is 5.79. The molecule has 0 aromatic carbocycles. The standard InChI is InChI=1S/C23H27N7OS/c1-14(31)20-13-26-23(32-20)29-21-12-19-18(4-2-8-25-19)22(28-21)27-15-10-16-5-6-17(11-15)30(16)9-3-7-24/h2,4,8,12-17,31H,3,5-6,9-11H2,1H3,(H2,26,27,28,29)/t14?,15?,16-,17+. The molecule has 0 saturated carbocycles. The molecule has 5 heterocycles. The van der Waals surface area contributed by atoms with E-state index in [1.807, 2.05) is 18.2 Å².